The molecule has 23 heavy (non-hydrogen) atoms. The molecule has 1 aromatic carbocycles. The smallest absolute Gasteiger partial charge is 0.229 e. The monoisotopic (exact) mass is 338 g/mol. The van der Waals surface area contributed by atoms with E-state index >= 15 is 0 Å². The molecule has 1 aromatic heterocycles. The Labute approximate surface area is 139 Å². The maximum atomic E-state index is 11.9. The van der Waals surface area contributed by atoms with Crippen LogP contribution in [0, 0.1) is 6.92 Å². The van der Waals surface area contributed by atoms with Gasteiger partial charge in [0, 0.05) is 18.5 Å². The molecule has 6 nitrogen and oxygen atoms in total. The minimum atomic E-state index is -0.796. The maximum absolute atomic E-state index is 11.9. The molecule has 2 N–H and O–H groups in total. The van der Waals surface area contributed by atoms with Crippen molar-refractivity contribution >= 4 is 17.5 Å². The van der Waals surface area contributed by atoms with Crippen molar-refractivity contribution in [3.8, 4) is 5.75 Å². The number of benzene rings is 1. The Morgan fingerprint density at radius 3 is 2.96 bits per heavy atom. The SMILES string of the molecule is COc1cccc(C(O)CNC(=O)CCc2c(C)noc2Cl)c1. The first-order chi connectivity index (χ1) is 11.0. The Bertz CT molecular complexity index is 652. The van der Waals surface area contributed by atoms with Gasteiger partial charge in [-0.1, -0.05) is 17.3 Å². The van der Waals surface area contributed by atoms with E-state index in [9.17, 15) is 9.90 Å². The molecule has 1 heterocycles. The maximum Gasteiger partial charge on any atom is 0.229 e. The fraction of sp³-hybridized carbons (Fsp3) is 0.375. The van der Waals surface area contributed by atoms with Crippen molar-refractivity contribution in [2.45, 2.75) is 25.9 Å². The minimum absolute atomic E-state index is 0.127. The van der Waals surface area contributed by atoms with E-state index in [1.54, 1.807) is 38.3 Å². The summed E-state index contributed by atoms with van der Waals surface area (Å²) < 4.78 is 9.94. The lowest BCUT2D eigenvalue weighted by molar-refractivity contribution is -0.121. The van der Waals surface area contributed by atoms with E-state index < -0.39 is 6.10 Å². The molecule has 0 radical (unpaired) electrons. The number of carbonyl (C=O) groups is 1. The van der Waals surface area contributed by atoms with Crippen LogP contribution in [0.15, 0.2) is 28.8 Å². The number of rotatable bonds is 7. The zero-order valence-electron chi connectivity index (χ0n) is 13.0. The molecule has 2 aromatic rings. The molecule has 0 saturated carbocycles. The number of halogens is 1. The normalized spacial score (nSPS) is 12.0. The van der Waals surface area contributed by atoms with Crippen molar-refractivity contribution in [3.63, 3.8) is 0 Å². The number of aryl methyl sites for hydroxylation is 1. The number of hydrogen-bond acceptors (Lipinski definition) is 5. The van der Waals surface area contributed by atoms with Gasteiger partial charge in [0.25, 0.3) is 0 Å². The molecule has 0 saturated heterocycles. The fourth-order valence-corrected chi connectivity index (χ4v) is 2.41. The molecule has 0 aliphatic rings. The van der Waals surface area contributed by atoms with Crippen molar-refractivity contribution in [1.29, 1.82) is 0 Å². The van der Waals surface area contributed by atoms with Crippen LogP contribution in [-0.2, 0) is 11.2 Å². The first-order valence-electron chi connectivity index (χ1n) is 7.20. The number of aromatic nitrogens is 1. The first kappa shape index (κ1) is 17.3. The lowest BCUT2D eigenvalue weighted by Crippen LogP contribution is -2.28. The topological polar surface area (TPSA) is 84.6 Å². The molecular formula is C16H19ClN2O4. The van der Waals surface area contributed by atoms with Gasteiger partial charge >= 0.3 is 0 Å². The van der Waals surface area contributed by atoms with E-state index in [4.69, 9.17) is 20.9 Å². The largest absolute Gasteiger partial charge is 0.497 e. The van der Waals surface area contributed by atoms with Gasteiger partial charge in [0.1, 0.15) is 5.75 Å². The lowest BCUT2D eigenvalue weighted by atomic mass is 10.1. The zero-order valence-corrected chi connectivity index (χ0v) is 13.8. The Balaban J connectivity index is 1.81. The van der Waals surface area contributed by atoms with Gasteiger partial charge in [-0.25, -0.2) is 0 Å². The second-order valence-electron chi connectivity index (χ2n) is 5.12. The molecule has 0 bridgehead atoms. The molecule has 2 rings (SSSR count). The van der Waals surface area contributed by atoms with E-state index in [2.05, 4.69) is 10.5 Å². The molecule has 7 heteroatoms. The van der Waals surface area contributed by atoms with Crippen LogP contribution < -0.4 is 10.1 Å². The van der Waals surface area contributed by atoms with Crippen LogP contribution in [0.1, 0.15) is 29.3 Å². The molecular weight excluding hydrogens is 320 g/mol. The third kappa shape index (κ3) is 4.71. The van der Waals surface area contributed by atoms with Crippen LogP contribution in [0.4, 0.5) is 0 Å². The van der Waals surface area contributed by atoms with Gasteiger partial charge in [0.15, 0.2) is 0 Å². The molecule has 0 fully saturated rings. The van der Waals surface area contributed by atoms with Gasteiger partial charge in [0.05, 0.1) is 18.9 Å². The standard InChI is InChI=1S/C16H19ClN2O4/c1-10-13(16(17)23-19-10)6-7-15(21)18-9-14(20)11-4-3-5-12(8-11)22-2/h3-5,8,14,20H,6-7,9H2,1-2H3,(H,18,21). The predicted octanol–water partition coefficient (Wildman–Crippen LogP) is 2.43. The molecule has 0 aliphatic carbocycles. The summed E-state index contributed by atoms with van der Waals surface area (Å²) in [6.45, 7) is 1.90. The third-order valence-electron chi connectivity index (χ3n) is 3.51. The van der Waals surface area contributed by atoms with E-state index in [0.717, 1.165) is 5.56 Å². The number of aliphatic hydroxyl groups is 1. The third-order valence-corrected chi connectivity index (χ3v) is 3.81. The Hall–Kier alpha value is -2.05. The summed E-state index contributed by atoms with van der Waals surface area (Å²) in [5, 5.41) is 16.8. The summed E-state index contributed by atoms with van der Waals surface area (Å²) in [5.41, 5.74) is 2.09. The number of carbonyl (C=O) groups excluding carboxylic acids is 1. The first-order valence-corrected chi connectivity index (χ1v) is 7.58. The number of aliphatic hydroxyl groups excluding tert-OH is 1. The minimum Gasteiger partial charge on any atom is -0.497 e. The van der Waals surface area contributed by atoms with Crippen molar-refractivity contribution in [3.05, 3.63) is 46.3 Å². The molecule has 0 aliphatic heterocycles. The van der Waals surface area contributed by atoms with Crippen LogP contribution in [0.5, 0.6) is 5.75 Å². The number of methoxy groups -OCH3 is 1. The summed E-state index contributed by atoms with van der Waals surface area (Å²) in [5.74, 6) is 0.481. The predicted molar refractivity (Wildman–Crippen MR) is 85.5 cm³/mol. The number of hydrogen-bond donors (Lipinski definition) is 2. The van der Waals surface area contributed by atoms with Gasteiger partial charge in [-0.05, 0) is 42.6 Å². The highest BCUT2D eigenvalue weighted by molar-refractivity contribution is 6.29. The summed E-state index contributed by atoms with van der Waals surface area (Å²) in [7, 11) is 1.56. The van der Waals surface area contributed by atoms with Crippen LogP contribution in [0.2, 0.25) is 5.22 Å². The van der Waals surface area contributed by atoms with Crippen molar-refractivity contribution in [2.24, 2.45) is 0 Å². The molecule has 0 spiro atoms. The van der Waals surface area contributed by atoms with Crippen LogP contribution in [0.25, 0.3) is 0 Å². The number of amides is 1. The Kier molecular flexibility index (Phi) is 6.01. The van der Waals surface area contributed by atoms with Crippen LogP contribution in [0.3, 0.4) is 0 Å². The van der Waals surface area contributed by atoms with Crippen molar-refractivity contribution < 1.29 is 19.2 Å². The van der Waals surface area contributed by atoms with Gasteiger partial charge in [-0.3, -0.25) is 4.79 Å². The quantitative estimate of drug-likeness (QED) is 0.810. The molecule has 1 unspecified atom stereocenters. The summed E-state index contributed by atoms with van der Waals surface area (Å²) >= 11 is 5.85. The Morgan fingerprint density at radius 2 is 2.30 bits per heavy atom. The fourth-order valence-electron chi connectivity index (χ4n) is 2.14. The number of nitrogens with zero attached hydrogens (tertiary/aromatic N) is 1. The van der Waals surface area contributed by atoms with Gasteiger partial charge in [-0.2, -0.15) is 0 Å². The van der Waals surface area contributed by atoms with Crippen LogP contribution in [-0.4, -0.2) is 29.8 Å². The lowest BCUT2D eigenvalue weighted by Gasteiger charge is -2.13. The van der Waals surface area contributed by atoms with Crippen molar-refractivity contribution in [2.75, 3.05) is 13.7 Å². The van der Waals surface area contributed by atoms with E-state index in [1.807, 2.05) is 0 Å². The Morgan fingerprint density at radius 1 is 1.52 bits per heavy atom. The highest BCUT2D eigenvalue weighted by Crippen LogP contribution is 2.21. The van der Waals surface area contributed by atoms with Crippen LogP contribution >= 0.6 is 11.6 Å². The molecule has 124 valence electrons. The van der Waals surface area contributed by atoms with E-state index in [0.29, 0.717) is 23.4 Å². The second kappa shape index (κ2) is 7.99. The van der Waals surface area contributed by atoms with Gasteiger partial charge in [0.2, 0.25) is 11.1 Å². The van der Waals surface area contributed by atoms with E-state index in [1.165, 1.54) is 0 Å². The summed E-state index contributed by atoms with van der Waals surface area (Å²) in [6, 6.07) is 7.09. The number of ether oxygens (including phenoxy) is 1. The zero-order chi connectivity index (χ0) is 16.8. The average Bonchev–Trinajstić information content (AvgIpc) is 2.89. The summed E-state index contributed by atoms with van der Waals surface area (Å²) in [4.78, 5) is 11.9. The number of nitrogens with one attached hydrogen (secondary N) is 1. The van der Waals surface area contributed by atoms with Gasteiger partial charge < -0.3 is 19.7 Å². The van der Waals surface area contributed by atoms with E-state index in [-0.39, 0.29) is 24.1 Å². The highest BCUT2D eigenvalue weighted by atomic mass is 35.5. The highest BCUT2D eigenvalue weighted by Gasteiger charge is 2.14. The molecule has 1 atom stereocenters. The average molecular weight is 339 g/mol. The van der Waals surface area contributed by atoms with Gasteiger partial charge in [-0.15, -0.1) is 0 Å². The van der Waals surface area contributed by atoms with Crippen molar-refractivity contribution in [1.82, 2.24) is 10.5 Å². The second-order valence-corrected chi connectivity index (χ2v) is 5.46. The summed E-state index contributed by atoms with van der Waals surface area (Å²) in [6.07, 6.45) is -0.114. The molecule has 1 amide bonds.